The number of H-pyrrole nitrogens is 1. The number of hydrogen-bond donors (Lipinski definition) is 1. The molecule has 0 aliphatic rings. The summed E-state index contributed by atoms with van der Waals surface area (Å²) in [5.41, 5.74) is 2.61. The SMILES string of the molecule is COC(=O)COc1ccc(-c2nc3ccc(C(=O)OC)cc3[nH]2)cc1OC. The van der Waals surface area contributed by atoms with E-state index in [1.165, 1.54) is 21.3 Å². The summed E-state index contributed by atoms with van der Waals surface area (Å²) >= 11 is 0. The van der Waals surface area contributed by atoms with Crippen molar-refractivity contribution in [2.24, 2.45) is 0 Å². The van der Waals surface area contributed by atoms with Crippen LogP contribution < -0.4 is 9.47 Å². The fraction of sp³-hybridized carbons (Fsp3) is 0.211. The molecule has 0 aliphatic carbocycles. The Morgan fingerprint density at radius 1 is 1.00 bits per heavy atom. The van der Waals surface area contributed by atoms with E-state index in [2.05, 4.69) is 14.7 Å². The smallest absolute Gasteiger partial charge is 0.343 e. The first kappa shape index (κ1) is 18.2. The average Bonchev–Trinajstić information content (AvgIpc) is 3.14. The van der Waals surface area contributed by atoms with E-state index in [-0.39, 0.29) is 6.61 Å². The molecule has 0 spiro atoms. The van der Waals surface area contributed by atoms with E-state index in [0.717, 1.165) is 5.56 Å². The molecule has 140 valence electrons. The predicted molar refractivity (Wildman–Crippen MR) is 96.9 cm³/mol. The van der Waals surface area contributed by atoms with Gasteiger partial charge < -0.3 is 23.9 Å². The first-order valence-electron chi connectivity index (χ1n) is 8.01. The van der Waals surface area contributed by atoms with Gasteiger partial charge in [-0.25, -0.2) is 14.6 Å². The monoisotopic (exact) mass is 370 g/mol. The maximum absolute atomic E-state index is 11.7. The Hall–Kier alpha value is -3.55. The summed E-state index contributed by atoms with van der Waals surface area (Å²) in [5, 5.41) is 0. The van der Waals surface area contributed by atoms with Crippen molar-refractivity contribution in [2.75, 3.05) is 27.9 Å². The molecule has 3 aromatic rings. The second-order valence-corrected chi connectivity index (χ2v) is 5.54. The molecule has 0 fully saturated rings. The number of benzene rings is 2. The molecule has 1 aromatic heterocycles. The van der Waals surface area contributed by atoms with Gasteiger partial charge in [-0.1, -0.05) is 0 Å². The molecule has 0 bridgehead atoms. The zero-order valence-electron chi connectivity index (χ0n) is 15.1. The third-order valence-corrected chi connectivity index (χ3v) is 3.91. The van der Waals surface area contributed by atoms with Crippen LogP contribution in [0, 0.1) is 0 Å². The van der Waals surface area contributed by atoms with Crippen molar-refractivity contribution in [2.45, 2.75) is 0 Å². The van der Waals surface area contributed by atoms with Crippen LogP contribution in [0.4, 0.5) is 0 Å². The van der Waals surface area contributed by atoms with Gasteiger partial charge >= 0.3 is 11.9 Å². The summed E-state index contributed by atoms with van der Waals surface area (Å²) < 4.78 is 20.0. The molecule has 1 N–H and O–H groups in total. The van der Waals surface area contributed by atoms with Crippen LogP contribution in [-0.2, 0) is 14.3 Å². The van der Waals surface area contributed by atoms with Gasteiger partial charge in [0.2, 0.25) is 0 Å². The van der Waals surface area contributed by atoms with E-state index in [4.69, 9.17) is 14.2 Å². The van der Waals surface area contributed by atoms with Gasteiger partial charge in [0.25, 0.3) is 0 Å². The number of nitrogens with one attached hydrogen (secondary N) is 1. The van der Waals surface area contributed by atoms with E-state index in [1.54, 1.807) is 36.4 Å². The van der Waals surface area contributed by atoms with Gasteiger partial charge in [0.15, 0.2) is 18.1 Å². The topological polar surface area (TPSA) is 99.7 Å². The number of esters is 2. The fourth-order valence-corrected chi connectivity index (χ4v) is 2.52. The van der Waals surface area contributed by atoms with Gasteiger partial charge in [0, 0.05) is 5.56 Å². The van der Waals surface area contributed by atoms with Gasteiger partial charge in [-0.2, -0.15) is 0 Å². The van der Waals surface area contributed by atoms with E-state index in [1.807, 2.05) is 0 Å². The van der Waals surface area contributed by atoms with Crippen LogP contribution >= 0.6 is 0 Å². The van der Waals surface area contributed by atoms with Crippen molar-refractivity contribution < 1.29 is 28.5 Å². The number of rotatable bonds is 6. The molecule has 8 heteroatoms. The van der Waals surface area contributed by atoms with Crippen LogP contribution in [0.25, 0.3) is 22.4 Å². The number of methoxy groups -OCH3 is 3. The Kier molecular flexibility index (Phi) is 5.25. The lowest BCUT2D eigenvalue weighted by molar-refractivity contribution is -0.142. The summed E-state index contributed by atoms with van der Waals surface area (Å²) in [7, 11) is 4.13. The Morgan fingerprint density at radius 2 is 1.81 bits per heavy atom. The maximum Gasteiger partial charge on any atom is 0.343 e. The number of carbonyl (C=O) groups excluding carboxylic acids is 2. The molecular formula is C19H18N2O6. The van der Waals surface area contributed by atoms with Gasteiger partial charge in [-0.05, 0) is 36.4 Å². The molecule has 0 saturated heterocycles. The Morgan fingerprint density at radius 3 is 2.52 bits per heavy atom. The highest BCUT2D eigenvalue weighted by Crippen LogP contribution is 2.32. The lowest BCUT2D eigenvalue weighted by atomic mass is 10.2. The Balaban J connectivity index is 1.91. The standard InChI is InChI=1S/C19H18N2O6/c1-24-16-9-11(5-7-15(16)27-10-17(22)25-2)18-20-13-6-4-12(19(23)26-3)8-14(13)21-18/h4-9H,10H2,1-3H3,(H,20,21). The van der Waals surface area contributed by atoms with Gasteiger partial charge in [-0.15, -0.1) is 0 Å². The second-order valence-electron chi connectivity index (χ2n) is 5.54. The van der Waals surface area contributed by atoms with Crippen molar-refractivity contribution >= 4 is 23.0 Å². The molecule has 8 nitrogen and oxygen atoms in total. The van der Waals surface area contributed by atoms with E-state index >= 15 is 0 Å². The molecule has 3 rings (SSSR count). The average molecular weight is 370 g/mol. The molecule has 27 heavy (non-hydrogen) atoms. The third kappa shape index (κ3) is 3.84. The molecule has 0 saturated carbocycles. The second kappa shape index (κ2) is 7.77. The van der Waals surface area contributed by atoms with E-state index < -0.39 is 11.9 Å². The summed E-state index contributed by atoms with van der Waals surface area (Å²) in [5.74, 6) is 0.564. The first-order chi connectivity index (χ1) is 13.0. The Labute approximate surface area is 155 Å². The number of imidazole rings is 1. The van der Waals surface area contributed by atoms with E-state index in [0.29, 0.717) is 33.9 Å². The molecule has 0 unspecified atom stereocenters. The van der Waals surface area contributed by atoms with Gasteiger partial charge in [-0.3, -0.25) is 0 Å². The van der Waals surface area contributed by atoms with Crippen LogP contribution in [0.5, 0.6) is 11.5 Å². The number of aromatic nitrogens is 2. The number of carbonyl (C=O) groups is 2. The van der Waals surface area contributed by atoms with Crippen molar-refractivity contribution in [3.63, 3.8) is 0 Å². The highest BCUT2D eigenvalue weighted by atomic mass is 16.6. The highest BCUT2D eigenvalue weighted by molar-refractivity contribution is 5.94. The minimum atomic E-state index is -0.486. The molecule has 0 atom stereocenters. The van der Waals surface area contributed by atoms with Crippen LogP contribution in [0.1, 0.15) is 10.4 Å². The highest BCUT2D eigenvalue weighted by Gasteiger charge is 2.13. The zero-order valence-corrected chi connectivity index (χ0v) is 15.1. The number of hydrogen-bond acceptors (Lipinski definition) is 7. The minimum Gasteiger partial charge on any atom is -0.493 e. The number of ether oxygens (including phenoxy) is 4. The maximum atomic E-state index is 11.7. The quantitative estimate of drug-likeness (QED) is 0.666. The van der Waals surface area contributed by atoms with E-state index in [9.17, 15) is 9.59 Å². The number of aromatic amines is 1. The molecular weight excluding hydrogens is 352 g/mol. The lowest BCUT2D eigenvalue weighted by Crippen LogP contribution is -2.12. The largest absolute Gasteiger partial charge is 0.493 e. The van der Waals surface area contributed by atoms with Crippen molar-refractivity contribution in [3.05, 3.63) is 42.0 Å². The summed E-state index contributed by atoms with van der Waals surface area (Å²) in [4.78, 5) is 30.6. The molecule has 0 amide bonds. The zero-order chi connectivity index (χ0) is 19.4. The molecule has 0 aliphatic heterocycles. The lowest BCUT2D eigenvalue weighted by Gasteiger charge is -2.10. The van der Waals surface area contributed by atoms with Crippen LogP contribution in [-0.4, -0.2) is 49.8 Å². The number of nitrogens with zero attached hydrogens (tertiary/aromatic N) is 1. The number of fused-ring (bicyclic) bond motifs is 1. The minimum absolute atomic E-state index is 0.215. The third-order valence-electron chi connectivity index (χ3n) is 3.91. The van der Waals surface area contributed by atoms with Crippen molar-refractivity contribution in [1.29, 1.82) is 0 Å². The normalized spacial score (nSPS) is 10.5. The van der Waals surface area contributed by atoms with Crippen LogP contribution in [0.3, 0.4) is 0 Å². The van der Waals surface area contributed by atoms with Crippen LogP contribution in [0.15, 0.2) is 36.4 Å². The van der Waals surface area contributed by atoms with Gasteiger partial charge in [0.1, 0.15) is 5.82 Å². The summed E-state index contributed by atoms with van der Waals surface area (Å²) in [6.07, 6.45) is 0. The van der Waals surface area contributed by atoms with Crippen molar-refractivity contribution in [1.82, 2.24) is 9.97 Å². The Bertz CT molecular complexity index is 995. The van der Waals surface area contributed by atoms with Crippen molar-refractivity contribution in [3.8, 4) is 22.9 Å². The fourth-order valence-electron chi connectivity index (χ4n) is 2.52. The predicted octanol–water partition coefficient (Wildman–Crippen LogP) is 2.58. The first-order valence-corrected chi connectivity index (χ1v) is 8.01. The summed E-state index contributed by atoms with van der Waals surface area (Å²) in [6, 6.07) is 10.3. The van der Waals surface area contributed by atoms with Crippen LogP contribution in [0.2, 0.25) is 0 Å². The molecule has 2 aromatic carbocycles. The molecule has 1 heterocycles. The van der Waals surface area contributed by atoms with Gasteiger partial charge in [0.05, 0.1) is 37.9 Å². The summed E-state index contributed by atoms with van der Waals surface area (Å²) in [6.45, 7) is -0.215. The molecule has 0 radical (unpaired) electrons.